The van der Waals surface area contributed by atoms with Gasteiger partial charge in [-0.25, -0.2) is 8.42 Å². The van der Waals surface area contributed by atoms with Crippen molar-refractivity contribution < 1.29 is 17.9 Å². The molecule has 0 atom stereocenters. The van der Waals surface area contributed by atoms with Crippen molar-refractivity contribution >= 4 is 44.6 Å². The van der Waals surface area contributed by atoms with Crippen LogP contribution in [0.25, 0.3) is 0 Å². The van der Waals surface area contributed by atoms with Gasteiger partial charge in [-0.05, 0) is 24.3 Å². The number of methoxy groups -OCH3 is 1. The molecule has 0 aliphatic carbocycles. The minimum Gasteiger partial charge on any atom is -0.495 e. The van der Waals surface area contributed by atoms with Gasteiger partial charge < -0.3 is 9.64 Å². The summed E-state index contributed by atoms with van der Waals surface area (Å²) in [7, 11) is -2.17. The number of para-hydroxylation sites is 2. The molecule has 1 aromatic carbocycles. The van der Waals surface area contributed by atoms with E-state index >= 15 is 0 Å². The molecule has 6 nitrogen and oxygen atoms in total. The van der Waals surface area contributed by atoms with Crippen LogP contribution in [0.15, 0.2) is 40.6 Å². The minimum absolute atomic E-state index is 0.144. The molecule has 2 aromatic rings. The summed E-state index contributed by atoms with van der Waals surface area (Å²) in [6.45, 7) is 0.259. The van der Waals surface area contributed by atoms with Crippen molar-refractivity contribution in [1.29, 1.82) is 0 Å². The number of carbonyl (C=O) groups excluding carboxylic acids is 1. The van der Waals surface area contributed by atoms with Crippen molar-refractivity contribution in [2.45, 2.75) is 4.21 Å². The van der Waals surface area contributed by atoms with E-state index in [0.29, 0.717) is 15.8 Å². The number of piperazine rings is 1. The largest absolute Gasteiger partial charge is 0.495 e. The fourth-order valence-corrected chi connectivity index (χ4v) is 5.55. The van der Waals surface area contributed by atoms with Crippen LogP contribution in [0, 0.1) is 0 Å². The van der Waals surface area contributed by atoms with Crippen LogP contribution in [0.4, 0.5) is 5.69 Å². The third-order valence-electron chi connectivity index (χ3n) is 3.70. The number of amides is 1. The Bertz CT molecular complexity index is 866. The molecule has 24 heavy (non-hydrogen) atoms. The van der Waals surface area contributed by atoms with E-state index in [1.807, 2.05) is 12.1 Å². The number of hydrogen-bond acceptors (Lipinski definition) is 5. The van der Waals surface area contributed by atoms with E-state index in [9.17, 15) is 13.2 Å². The number of anilines is 1. The first-order chi connectivity index (χ1) is 11.4. The van der Waals surface area contributed by atoms with Crippen molar-refractivity contribution in [3.63, 3.8) is 0 Å². The molecule has 128 valence electrons. The fraction of sp³-hybridized carbons (Fsp3) is 0.267. The van der Waals surface area contributed by atoms with E-state index in [-0.39, 0.29) is 29.8 Å². The first-order valence-electron chi connectivity index (χ1n) is 7.12. The minimum atomic E-state index is -3.71. The van der Waals surface area contributed by atoms with E-state index in [1.54, 1.807) is 17.0 Å². The fourth-order valence-electron chi connectivity index (χ4n) is 2.53. The summed E-state index contributed by atoms with van der Waals surface area (Å²) in [5, 5.41) is 0. The smallest absolute Gasteiger partial charge is 0.253 e. The number of thiophene rings is 1. The number of carbonyl (C=O) groups is 1. The summed E-state index contributed by atoms with van der Waals surface area (Å²) in [5.41, 5.74) is 0.640. The normalized spacial score (nSPS) is 16.4. The average Bonchev–Trinajstić information content (AvgIpc) is 3.02. The molecule has 0 N–H and O–H groups in total. The molecule has 3 rings (SSSR count). The zero-order valence-corrected chi connectivity index (χ0v) is 15.2. The highest BCUT2D eigenvalue weighted by molar-refractivity contribution is 7.91. The second kappa shape index (κ2) is 6.72. The number of ether oxygens (including phenoxy) is 1. The third kappa shape index (κ3) is 3.14. The topological polar surface area (TPSA) is 66.9 Å². The van der Waals surface area contributed by atoms with Gasteiger partial charge in [0, 0.05) is 13.1 Å². The Balaban J connectivity index is 1.82. The van der Waals surface area contributed by atoms with Gasteiger partial charge >= 0.3 is 0 Å². The molecule has 1 saturated heterocycles. The van der Waals surface area contributed by atoms with Crippen LogP contribution in [0.3, 0.4) is 0 Å². The average molecular weight is 387 g/mol. The van der Waals surface area contributed by atoms with Crippen LogP contribution in [0.2, 0.25) is 4.34 Å². The highest BCUT2D eigenvalue weighted by atomic mass is 35.5. The number of hydrogen-bond donors (Lipinski definition) is 0. The van der Waals surface area contributed by atoms with Gasteiger partial charge in [-0.3, -0.25) is 4.79 Å². The molecule has 2 heterocycles. The molecule has 0 bridgehead atoms. The van der Waals surface area contributed by atoms with Gasteiger partial charge in [-0.2, -0.15) is 4.31 Å². The predicted octanol–water partition coefficient (Wildman–Crippen LogP) is 2.45. The van der Waals surface area contributed by atoms with E-state index in [1.165, 1.54) is 23.5 Å². The molecule has 1 aliphatic rings. The second-order valence-electron chi connectivity index (χ2n) is 5.11. The van der Waals surface area contributed by atoms with Crippen molar-refractivity contribution in [3.05, 3.63) is 40.7 Å². The molecule has 0 radical (unpaired) electrons. The Morgan fingerprint density at radius 1 is 1.17 bits per heavy atom. The lowest BCUT2D eigenvalue weighted by Crippen LogP contribution is -2.52. The van der Waals surface area contributed by atoms with Crippen LogP contribution >= 0.6 is 22.9 Å². The summed E-state index contributed by atoms with van der Waals surface area (Å²) in [4.78, 5) is 14.0. The standard InChI is InChI=1S/C15H15ClN2O4S2/c1-22-12-5-3-2-4-11(12)18-9-8-17(10-14(18)19)24(20,21)15-7-6-13(16)23-15/h2-7H,8-10H2,1H3. The van der Waals surface area contributed by atoms with Crippen molar-refractivity contribution in [2.24, 2.45) is 0 Å². The van der Waals surface area contributed by atoms with E-state index in [2.05, 4.69) is 0 Å². The third-order valence-corrected chi connectivity index (χ3v) is 7.25. The summed E-state index contributed by atoms with van der Waals surface area (Å²) >= 11 is 6.80. The maximum Gasteiger partial charge on any atom is 0.253 e. The van der Waals surface area contributed by atoms with Gasteiger partial charge in [0.05, 0.1) is 23.7 Å². The molecular weight excluding hydrogens is 372 g/mol. The van der Waals surface area contributed by atoms with Crippen molar-refractivity contribution in [3.8, 4) is 5.75 Å². The first-order valence-corrected chi connectivity index (χ1v) is 9.76. The maximum atomic E-state index is 12.6. The number of rotatable bonds is 4. The Morgan fingerprint density at radius 3 is 2.54 bits per heavy atom. The van der Waals surface area contributed by atoms with Gasteiger partial charge in [-0.15, -0.1) is 11.3 Å². The number of halogens is 1. The van der Waals surface area contributed by atoms with E-state index in [0.717, 1.165) is 11.3 Å². The number of sulfonamides is 1. The zero-order valence-electron chi connectivity index (χ0n) is 12.8. The van der Waals surface area contributed by atoms with E-state index in [4.69, 9.17) is 16.3 Å². The van der Waals surface area contributed by atoms with Gasteiger partial charge in [0.1, 0.15) is 9.96 Å². The molecule has 1 aliphatic heterocycles. The highest BCUT2D eigenvalue weighted by Gasteiger charge is 2.34. The van der Waals surface area contributed by atoms with Crippen LogP contribution < -0.4 is 9.64 Å². The van der Waals surface area contributed by atoms with Crippen molar-refractivity contribution in [2.75, 3.05) is 31.6 Å². The Kier molecular flexibility index (Phi) is 4.82. The Morgan fingerprint density at radius 2 is 1.92 bits per heavy atom. The molecule has 9 heteroatoms. The summed E-state index contributed by atoms with van der Waals surface area (Å²) in [5.74, 6) is 0.282. The molecule has 0 spiro atoms. The molecule has 1 aromatic heterocycles. The molecule has 0 unspecified atom stereocenters. The lowest BCUT2D eigenvalue weighted by atomic mass is 10.2. The monoisotopic (exact) mass is 386 g/mol. The van der Waals surface area contributed by atoms with Crippen LogP contribution in [-0.2, 0) is 14.8 Å². The van der Waals surface area contributed by atoms with Crippen LogP contribution in [0.1, 0.15) is 0 Å². The molecule has 1 fully saturated rings. The summed E-state index contributed by atoms with van der Waals surface area (Å²) < 4.78 is 32.2. The summed E-state index contributed by atoms with van der Waals surface area (Å²) in [6.07, 6.45) is 0. The first kappa shape index (κ1) is 17.2. The second-order valence-corrected chi connectivity index (χ2v) is 8.99. The van der Waals surface area contributed by atoms with Crippen molar-refractivity contribution in [1.82, 2.24) is 4.31 Å². The predicted molar refractivity (Wildman–Crippen MR) is 93.4 cm³/mol. The zero-order chi connectivity index (χ0) is 17.3. The Labute approximate surface area is 149 Å². The summed E-state index contributed by atoms with van der Waals surface area (Å²) in [6, 6.07) is 10.2. The van der Waals surface area contributed by atoms with Gasteiger partial charge in [0.25, 0.3) is 10.0 Å². The maximum absolute atomic E-state index is 12.6. The van der Waals surface area contributed by atoms with Gasteiger partial charge in [0.15, 0.2) is 0 Å². The molecule has 1 amide bonds. The highest BCUT2D eigenvalue weighted by Crippen LogP contribution is 2.32. The molecule has 0 saturated carbocycles. The quantitative estimate of drug-likeness (QED) is 0.809. The molecular formula is C15H15ClN2O4S2. The number of benzene rings is 1. The Hall–Kier alpha value is -1.61. The van der Waals surface area contributed by atoms with Crippen LogP contribution in [0.5, 0.6) is 5.75 Å². The number of nitrogens with zero attached hydrogens (tertiary/aromatic N) is 2. The van der Waals surface area contributed by atoms with Crippen LogP contribution in [-0.4, -0.2) is 45.4 Å². The lowest BCUT2D eigenvalue weighted by molar-refractivity contribution is -0.120. The SMILES string of the molecule is COc1ccccc1N1CCN(S(=O)(=O)c2ccc(Cl)s2)CC1=O. The van der Waals surface area contributed by atoms with Gasteiger partial charge in [-0.1, -0.05) is 23.7 Å². The van der Waals surface area contributed by atoms with Gasteiger partial charge in [0.2, 0.25) is 5.91 Å². The van der Waals surface area contributed by atoms with E-state index < -0.39 is 10.0 Å². The lowest BCUT2D eigenvalue weighted by Gasteiger charge is -2.33.